The highest BCUT2D eigenvalue weighted by Crippen LogP contribution is 2.36. The Hall–Kier alpha value is -3.48. The van der Waals surface area contributed by atoms with Gasteiger partial charge in [0.1, 0.15) is 17.6 Å². The van der Waals surface area contributed by atoms with E-state index in [0.717, 1.165) is 37.8 Å². The highest BCUT2D eigenvalue weighted by atomic mass is 19.4. The third kappa shape index (κ3) is 8.75. The van der Waals surface area contributed by atoms with E-state index >= 15 is 4.39 Å². The standard InChI is InChI=1S/C28H38F4N6O3/c1-4-38-22(13-14-34-38)25(39)36-24(18-9-7-5-6-8-10-18)27(41)35-21-12-11-19(17-20(21)29)23(28(30,31)32)26(40)33-15-16-37(2)3/h11-14,17-18,23-24H,4-10,15-16H2,1-3H3,(H,33,40)(H,35,41)(H,36,39)/t23?,24-/m0/s1. The number of rotatable bonds is 11. The van der Waals surface area contributed by atoms with Gasteiger partial charge in [-0.3, -0.25) is 19.1 Å². The molecule has 0 spiro atoms. The van der Waals surface area contributed by atoms with Gasteiger partial charge < -0.3 is 20.9 Å². The Labute approximate surface area is 237 Å². The first kappa shape index (κ1) is 32.0. The molecule has 2 aromatic rings. The van der Waals surface area contributed by atoms with Gasteiger partial charge in [-0.1, -0.05) is 31.7 Å². The van der Waals surface area contributed by atoms with Crippen LogP contribution in [0.5, 0.6) is 0 Å². The van der Waals surface area contributed by atoms with Crippen molar-refractivity contribution in [1.29, 1.82) is 0 Å². The van der Waals surface area contributed by atoms with Crippen LogP contribution in [-0.4, -0.2) is 71.8 Å². The van der Waals surface area contributed by atoms with Crippen LogP contribution in [0.2, 0.25) is 0 Å². The lowest BCUT2D eigenvalue weighted by Gasteiger charge is -2.27. The first-order valence-corrected chi connectivity index (χ1v) is 13.8. The molecule has 9 nitrogen and oxygen atoms in total. The molecule has 3 rings (SSSR count). The van der Waals surface area contributed by atoms with Crippen LogP contribution >= 0.6 is 0 Å². The van der Waals surface area contributed by atoms with Crippen molar-refractivity contribution in [2.45, 2.75) is 70.1 Å². The number of carbonyl (C=O) groups is 3. The van der Waals surface area contributed by atoms with Crippen molar-refractivity contribution >= 4 is 23.4 Å². The van der Waals surface area contributed by atoms with Gasteiger partial charge in [0.2, 0.25) is 11.8 Å². The highest BCUT2D eigenvalue weighted by molar-refractivity contribution is 6.00. The zero-order valence-corrected chi connectivity index (χ0v) is 23.6. The molecule has 1 fully saturated rings. The lowest BCUT2D eigenvalue weighted by molar-refractivity contribution is -0.165. The fraction of sp³-hybridized carbons (Fsp3) is 0.571. The van der Waals surface area contributed by atoms with E-state index in [4.69, 9.17) is 0 Å². The predicted molar refractivity (Wildman–Crippen MR) is 146 cm³/mol. The van der Waals surface area contributed by atoms with Crippen LogP contribution in [0.15, 0.2) is 30.5 Å². The number of nitrogens with zero attached hydrogens (tertiary/aromatic N) is 3. The summed E-state index contributed by atoms with van der Waals surface area (Å²) in [5.41, 5.74) is -0.660. The Balaban J connectivity index is 1.81. The molecule has 1 saturated carbocycles. The summed E-state index contributed by atoms with van der Waals surface area (Å²) in [4.78, 5) is 40.6. The molecule has 1 aliphatic rings. The van der Waals surface area contributed by atoms with Gasteiger partial charge in [-0.05, 0) is 63.5 Å². The highest BCUT2D eigenvalue weighted by Gasteiger charge is 2.46. The molecule has 226 valence electrons. The molecule has 0 radical (unpaired) electrons. The Bertz CT molecular complexity index is 1190. The van der Waals surface area contributed by atoms with Crippen molar-refractivity contribution in [3.63, 3.8) is 0 Å². The van der Waals surface area contributed by atoms with Crippen LogP contribution < -0.4 is 16.0 Å². The second kappa shape index (κ2) is 14.4. The minimum absolute atomic E-state index is 0.0116. The average molecular weight is 583 g/mol. The first-order chi connectivity index (χ1) is 19.4. The number of carbonyl (C=O) groups excluding carboxylic acids is 3. The average Bonchev–Trinajstić information content (AvgIpc) is 3.22. The van der Waals surface area contributed by atoms with Crippen LogP contribution in [0.25, 0.3) is 0 Å². The van der Waals surface area contributed by atoms with E-state index in [1.165, 1.54) is 16.9 Å². The second-order valence-corrected chi connectivity index (χ2v) is 10.5. The van der Waals surface area contributed by atoms with Crippen molar-refractivity contribution in [2.24, 2.45) is 5.92 Å². The molecule has 1 aliphatic carbocycles. The Morgan fingerprint density at radius 3 is 2.34 bits per heavy atom. The summed E-state index contributed by atoms with van der Waals surface area (Å²) in [7, 11) is 3.42. The number of aryl methyl sites for hydroxylation is 1. The molecule has 3 amide bonds. The van der Waals surface area contributed by atoms with E-state index in [-0.39, 0.29) is 23.8 Å². The molecule has 0 saturated heterocycles. The maximum Gasteiger partial charge on any atom is 0.404 e. The smallest absolute Gasteiger partial charge is 0.354 e. The van der Waals surface area contributed by atoms with Crippen LogP contribution in [-0.2, 0) is 16.1 Å². The van der Waals surface area contributed by atoms with Crippen LogP contribution in [0, 0.1) is 11.7 Å². The molecular formula is C28H38F4N6O3. The van der Waals surface area contributed by atoms with Gasteiger partial charge in [-0.2, -0.15) is 18.3 Å². The molecule has 1 unspecified atom stereocenters. The van der Waals surface area contributed by atoms with Crippen molar-refractivity contribution in [1.82, 2.24) is 25.3 Å². The lowest BCUT2D eigenvalue weighted by atomic mass is 9.90. The van der Waals surface area contributed by atoms with Crippen molar-refractivity contribution in [3.05, 3.63) is 47.5 Å². The largest absolute Gasteiger partial charge is 0.404 e. The molecule has 0 aliphatic heterocycles. The molecule has 1 heterocycles. The summed E-state index contributed by atoms with van der Waals surface area (Å²) in [6.07, 6.45) is 1.63. The number of nitrogens with one attached hydrogen (secondary N) is 3. The SMILES string of the molecule is CCn1nccc1C(=O)N[C@H](C(=O)Nc1ccc(C(C(=O)NCCN(C)C)C(F)(F)F)cc1F)C1CCCCCC1. The molecule has 3 N–H and O–H groups in total. The first-order valence-electron chi connectivity index (χ1n) is 13.8. The van der Waals surface area contributed by atoms with Crippen molar-refractivity contribution in [2.75, 3.05) is 32.5 Å². The van der Waals surface area contributed by atoms with E-state index in [1.54, 1.807) is 19.0 Å². The molecule has 1 aromatic heterocycles. The lowest BCUT2D eigenvalue weighted by Crippen LogP contribution is -2.49. The Morgan fingerprint density at radius 1 is 1.07 bits per heavy atom. The maximum absolute atomic E-state index is 15.1. The van der Waals surface area contributed by atoms with Gasteiger partial charge in [0, 0.05) is 25.8 Å². The van der Waals surface area contributed by atoms with E-state index in [0.29, 0.717) is 32.0 Å². The Morgan fingerprint density at radius 2 is 1.76 bits per heavy atom. The number of likely N-dealkylation sites (N-methyl/N-ethyl adjacent to an activating group) is 1. The van der Waals surface area contributed by atoms with Gasteiger partial charge in [0.15, 0.2) is 5.92 Å². The number of benzene rings is 1. The topological polar surface area (TPSA) is 108 Å². The van der Waals surface area contributed by atoms with Gasteiger partial charge in [-0.15, -0.1) is 0 Å². The summed E-state index contributed by atoms with van der Waals surface area (Å²) < 4.78 is 58.0. The summed E-state index contributed by atoms with van der Waals surface area (Å²) in [6, 6.07) is 3.13. The summed E-state index contributed by atoms with van der Waals surface area (Å²) >= 11 is 0. The van der Waals surface area contributed by atoms with E-state index in [1.807, 2.05) is 6.92 Å². The molecule has 41 heavy (non-hydrogen) atoms. The number of amides is 3. The fourth-order valence-corrected chi connectivity index (χ4v) is 5.05. The van der Waals surface area contributed by atoms with E-state index in [9.17, 15) is 27.6 Å². The third-order valence-electron chi connectivity index (χ3n) is 7.22. The Kier molecular flexibility index (Phi) is 11.3. The zero-order valence-electron chi connectivity index (χ0n) is 23.6. The number of anilines is 1. The van der Waals surface area contributed by atoms with E-state index in [2.05, 4.69) is 21.0 Å². The quantitative estimate of drug-likeness (QED) is 0.274. The zero-order chi connectivity index (χ0) is 30.2. The minimum Gasteiger partial charge on any atom is -0.354 e. The summed E-state index contributed by atoms with van der Waals surface area (Å²) in [6.45, 7) is 2.58. The summed E-state index contributed by atoms with van der Waals surface area (Å²) in [5.74, 6) is -6.38. The summed E-state index contributed by atoms with van der Waals surface area (Å²) in [5, 5.41) is 11.6. The van der Waals surface area contributed by atoms with Crippen LogP contribution in [0.4, 0.5) is 23.2 Å². The van der Waals surface area contributed by atoms with Gasteiger partial charge in [-0.25, -0.2) is 4.39 Å². The van der Waals surface area contributed by atoms with E-state index < -0.39 is 47.2 Å². The second-order valence-electron chi connectivity index (χ2n) is 10.5. The molecule has 0 bridgehead atoms. The monoisotopic (exact) mass is 582 g/mol. The molecule has 2 atom stereocenters. The fourth-order valence-electron chi connectivity index (χ4n) is 5.05. The normalized spacial score (nSPS) is 16.1. The van der Waals surface area contributed by atoms with Crippen molar-refractivity contribution in [3.8, 4) is 0 Å². The minimum atomic E-state index is -4.96. The third-order valence-corrected chi connectivity index (χ3v) is 7.22. The molecular weight excluding hydrogens is 544 g/mol. The number of aromatic nitrogens is 2. The molecule has 1 aromatic carbocycles. The molecule has 13 heteroatoms. The van der Waals surface area contributed by atoms with Crippen molar-refractivity contribution < 1.29 is 31.9 Å². The predicted octanol–water partition coefficient (Wildman–Crippen LogP) is 4.07. The van der Waals surface area contributed by atoms with Gasteiger partial charge >= 0.3 is 6.18 Å². The number of alkyl halides is 3. The number of hydrogen-bond donors (Lipinski definition) is 3. The van der Waals surface area contributed by atoms with Gasteiger partial charge in [0.05, 0.1) is 5.69 Å². The van der Waals surface area contributed by atoms with Crippen LogP contribution in [0.3, 0.4) is 0 Å². The number of hydrogen-bond acceptors (Lipinski definition) is 5. The van der Waals surface area contributed by atoms with Crippen LogP contribution in [0.1, 0.15) is 67.4 Å². The number of halogens is 4. The van der Waals surface area contributed by atoms with Gasteiger partial charge in [0.25, 0.3) is 5.91 Å². The maximum atomic E-state index is 15.1.